The molecular formula is C10H17NO. The molecule has 0 saturated carbocycles. The Morgan fingerprint density at radius 1 is 1.50 bits per heavy atom. The van der Waals surface area contributed by atoms with E-state index in [2.05, 4.69) is 18.5 Å². The summed E-state index contributed by atoms with van der Waals surface area (Å²) in [7, 11) is 1.81. The molecule has 0 amide bonds. The minimum Gasteiger partial charge on any atom is -0.387 e. The van der Waals surface area contributed by atoms with Crippen molar-refractivity contribution in [2.24, 2.45) is 0 Å². The molecule has 0 saturated heterocycles. The van der Waals surface area contributed by atoms with Gasteiger partial charge in [-0.05, 0) is 19.5 Å². The maximum Gasteiger partial charge on any atom is 0.0939 e. The number of hydrogen-bond donors (Lipinski definition) is 2. The Hall–Kier alpha value is -0.860. The Bertz CT molecular complexity index is 184. The summed E-state index contributed by atoms with van der Waals surface area (Å²) < 4.78 is 0. The summed E-state index contributed by atoms with van der Waals surface area (Å²) in [6, 6.07) is 0.0224. The Labute approximate surface area is 74.3 Å². The van der Waals surface area contributed by atoms with E-state index in [1.165, 1.54) is 0 Å². The van der Waals surface area contributed by atoms with Crippen molar-refractivity contribution in [2.45, 2.75) is 19.1 Å². The highest BCUT2D eigenvalue weighted by Crippen LogP contribution is 2.07. The van der Waals surface area contributed by atoms with Crippen LogP contribution in [-0.2, 0) is 0 Å². The van der Waals surface area contributed by atoms with Crippen molar-refractivity contribution in [3.05, 3.63) is 37.0 Å². The van der Waals surface area contributed by atoms with E-state index in [1.807, 2.05) is 14.0 Å². The quantitative estimate of drug-likeness (QED) is 0.604. The zero-order valence-corrected chi connectivity index (χ0v) is 7.75. The van der Waals surface area contributed by atoms with Crippen LogP contribution in [0, 0.1) is 0 Å². The molecule has 0 aliphatic heterocycles. The fourth-order valence-corrected chi connectivity index (χ4v) is 0.870. The predicted octanol–water partition coefficient (Wildman–Crippen LogP) is 1.25. The molecule has 0 aromatic heterocycles. The Balaban J connectivity index is 4.40. The SMILES string of the molecule is C=C/C=C(\C=C)C(O)C(C)NC. The average molecular weight is 167 g/mol. The van der Waals surface area contributed by atoms with Gasteiger partial charge >= 0.3 is 0 Å². The normalized spacial score (nSPS) is 16.8. The molecule has 0 aliphatic carbocycles. The molecule has 0 aromatic rings. The number of aliphatic hydroxyl groups is 1. The molecule has 2 unspecified atom stereocenters. The van der Waals surface area contributed by atoms with Gasteiger partial charge in [-0.15, -0.1) is 0 Å². The van der Waals surface area contributed by atoms with E-state index >= 15 is 0 Å². The summed E-state index contributed by atoms with van der Waals surface area (Å²) >= 11 is 0. The maximum atomic E-state index is 9.66. The summed E-state index contributed by atoms with van der Waals surface area (Å²) in [5, 5.41) is 12.6. The number of likely N-dealkylation sites (N-methyl/N-ethyl adjacent to an activating group) is 1. The third-order valence-corrected chi connectivity index (χ3v) is 1.82. The van der Waals surface area contributed by atoms with Crippen LogP contribution < -0.4 is 5.32 Å². The van der Waals surface area contributed by atoms with E-state index in [1.54, 1.807) is 18.2 Å². The highest BCUT2D eigenvalue weighted by Gasteiger charge is 2.13. The molecule has 0 radical (unpaired) electrons. The molecule has 0 bridgehead atoms. The molecule has 68 valence electrons. The number of aliphatic hydroxyl groups excluding tert-OH is 1. The molecule has 2 nitrogen and oxygen atoms in total. The Morgan fingerprint density at radius 2 is 2.08 bits per heavy atom. The molecule has 0 spiro atoms. The Kier molecular flexibility index (Phi) is 5.34. The maximum absolute atomic E-state index is 9.66. The number of nitrogens with one attached hydrogen (secondary N) is 1. The van der Waals surface area contributed by atoms with Crippen molar-refractivity contribution in [3.63, 3.8) is 0 Å². The van der Waals surface area contributed by atoms with Crippen molar-refractivity contribution in [2.75, 3.05) is 7.05 Å². The first-order valence-electron chi connectivity index (χ1n) is 3.97. The van der Waals surface area contributed by atoms with Gasteiger partial charge in [0.05, 0.1) is 6.10 Å². The lowest BCUT2D eigenvalue weighted by Gasteiger charge is -2.18. The third kappa shape index (κ3) is 3.03. The largest absolute Gasteiger partial charge is 0.387 e. The Morgan fingerprint density at radius 3 is 2.42 bits per heavy atom. The third-order valence-electron chi connectivity index (χ3n) is 1.82. The van der Waals surface area contributed by atoms with Gasteiger partial charge in [-0.25, -0.2) is 0 Å². The van der Waals surface area contributed by atoms with Crippen LogP contribution in [0.15, 0.2) is 37.0 Å². The first kappa shape index (κ1) is 11.1. The lowest BCUT2D eigenvalue weighted by molar-refractivity contribution is 0.176. The van der Waals surface area contributed by atoms with Gasteiger partial charge in [0.2, 0.25) is 0 Å². The van der Waals surface area contributed by atoms with E-state index in [4.69, 9.17) is 0 Å². The van der Waals surface area contributed by atoms with Gasteiger partial charge in [-0.2, -0.15) is 0 Å². The smallest absolute Gasteiger partial charge is 0.0939 e. The fraction of sp³-hybridized carbons (Fsp3) is 0.400. The van der Waals surface area contributed by atoms with Gasteiger partial charge in [0.15, 0.2) is 0 Å². The second kappa shape index (κ2) is 5.75. The monoisotopic (exact) mass is 167 g/mol. The van der Waals surface area contributed by atoms with Crippen LogP contribution in [0.4, 0.5) is 0 Å². The highest BCUT2D eigenvalue weighted by molar-refractivity contribution is 5.26. The highest BCUT2D eigenvalue weighted by atomic mass is 16.3. The summed E-state index contributed by atoms with van der Waals surface area (Å²) in [6.45, 7) is 9.08. The molecule has 2 heteroatoms. The zero-order valence-electron chi connectivity index (χ0n) is 7.75. The molecule has 0 rings (SSSR count). The van der Waals surface area contributed by atoms with E-state index in [0.29, 0.717) is 0 Å². The van der Waals surface area contributed by atoms with Crippen LogP contribution in [0.3, 0.4) is 0 Å². The molecule has 0 aliphatic rings. The molecule has 12 heavy (non-hydrogen) atoms. The van der Waals surface area contributed by atoms with Gasteiger partial charge < -0.3 is 10.4 Å². The van der Waals surface area contributed by atoms with Crippen LogP contribution in [0.25, 0.3) is 0 Å². The lowest BCUT2D eigenvalue weighted by Crippen LogP contribution is -2.35. The average Bonchev–Trinajstić information content (AvgIpc) is 2.11. The second-order valence-corrected chi connectivity index (χ2v) is 2.63. The van der Waals surface area contributed by atoms with E-state index in [9.17, 15) is 5.11 Å². The molecule has 0 heterocycles. The predicted molar refractivity (Wildman–Crippen MR) is 53.0 cm³/mol. The summed E-state index contributed by atoms with van der Waals surface area (Å²) in [5.74, 6) is 0. The van der Waals surface area contributed by atoms with Crippen LogP contribution in [0.2, 0.25) is 0 Å². The van der Waals surface area contributed by atoms with E-state index < -0.39 is 6.10 Å². The van der Waals surface area contributed by atoms with Crippen molar-refractivity contribution >= 4 is 0 Å². The topological polar surface area (TPSA) is 32.3 Å². The van der Waals surface area contributed by atoms with Crippen LogP contribution in [0.1, 0.15) is 6.92 Å². The molecule has 0 fully saturated rings. The first-order valence-corrected chi connectivity index (χ1v) is 3.97. The zero-order chi connectivity index (χ0) is 9.56. The van der Waals surface area contributed by atoms with Gasteiger partial charge in [-0.3, -0.25) is 0 Å². The van der Waals surface area contributed by atoms with Crippen molar-refractivity contribution in [3.8, 4) is 0 Å². The molecule has 0 aromatic carbocycles. The lowest BCUT2D eigenvalue weighted by atomic mass is 10.0. The molecule has 2 atom stereocenters. The van der Waals surface area contributed by atoms with Crippen LogP contribution >= 0.6 is 0 Å². The number of rotatable bonds is 5. The standard InChI is InChI=1S/C10H17NO/c1-5-7-9(6-2)10(12)8(3)11-4/h5-8,10-12H,1-2H2,3-4H3/b9-7+. The van der Waals surface area contributed by atoms with Crippen LogP contribution in [0.5, 0.6) is 0 Å². The summed E-state index contributed by atoms with van der Waals surface area (Å²) in [4.78, 5) is 0. The number of hydrogen-bond acceptors (Lipinski definition) is 2. The van der Waals surface area contributed by atoms with E-state index in [0.717, 1.165) is 5.57 Å². The van der Waals surface area contributed by atoms with Gasteiger partial charge in [0.1, 0.15) is 0 Å². The minimum absolute atomic E-state index is 0.0224. The van der Waals surface area contributed by atoms with Gasteiger partial charge in [0.25, 0.3) is 0 Å². The minimum atomic E-state index is -0.523. The summed E-state index contributed by atoms with van der Waals surface area (Å²) in [6.07, 6.45) is 4.51. The van der Waals surface area contributed by atoms with Crippen LogP contribution in [-0.4, -0.2) is 24.3 Å². The van der Waals surface area contributed by atoms with Crippen molar-refractivity contribution in [1.29, 1.82) is 0 Å². The van der Waals surface area contributed by atoms with Gasteiger partial charge in [-0.1, -0.05) is 31.4 Å². The molecule has 2 N–H and O–H groups in total. The van der Waals surface area contributed by atoms with Crippen molar-refractivity contribution in [1.82, 2.24) is 5.32 Å². The number of allylic oxidation sites excluding steroid dienone is 2. The second-order valence-electron chi connectivity index (χ2n) is 2.63. The van der Waals surface area contributed by atoms with E-state index in [-0.39, 0.29) is 6.04 Å². The van der Waals surface area contributed by atoms with Crippen molar-refractivity contribution < 1.29 is 5.11 Å². The summed E-state index contributed by atoms with van der Waals surface area (Å²) in [5.41, 5.74) is 0.784. The first-order chi connectivity index (χ1) is 5.67. The fourth-order valence-electron chi connectivity index (χ4n) is 0.870. The molecular weight excluding hydrogens is 150 g/mol. The van der Waals surface area contributed by atoms with Gasteiger partial charge in [0, 0.05) is 6.04 Å².